The Bertz CT molecular complexity index is 140. The van der Waals surface area contributed by atoms with Gasteiger partial charge in [0, 0.05) is 13.0 Å². The molecule has 0 N–H and O–H groups in total. The van der Waals surface area contributed by atoms with Crippen molar-refractivity contribution in [3.63, 3.8) is 0 Å². The van der Waals surface area contributed by atoms with Crippen LogP contribution < -0.4 is 0 Å². The SMILES string of the molecule is CSCON1CCCCC1=O. The van der Waals surface area contributed by atoms with Gasteiger partial charge in [-0.25, -0.2) is 5.06 Å². The van der Waals surface area contributed by atoms with Gasteiger partial charge in [-0.3, -0.25) is 9.63 Å². The van der Waals surface area contributed by atoms with Crippen LogP contribution in [0.25, 0.3) is 0 Å². The van der Waals surface area contributed by atoms with E-state index in [-0.39, 0.29) is 5.91 Å². The van der Waals surface area contributed by atoms with Crippen LogP contribution in [0, 0.1) is 0 Å². The molecule has 1 rings (SSSR count). The highest BCUT2D eigenvalue weighted by molar-refractivity contribution is 7.98. The highest BCUT2D eigenvalue weighted by Gasteiger charge is 2.17. The highest BCUT2D eigenvalue weighted by Crippen LogP contribution is 2.11. The molecular weight excluding hydrogens is 162 g/mol. The molecular formula is C7H13NO2S. The van der Waals surface area contributed by atoms with Gasteiger partial charge in [0.2, 0.25) is 5.91 Å². The molecule has 4 heteroatoms. The smallest absolute Gasteiger partial charge is 0.246 e. The van der Waals surface area contributed by atoms with Gasteiger partial charge in [0.15, 0.2) is 0 Å². The molecule has 1 fully saturated rings. The second kappa shape index (κ2) is 4.62. The molecule has 3 nitrogen and oxygen atoms in total. The Hall–Kier alpha value is -0.220. The number of piperidine rings is 1. The van der Waals surface area contributed by atoms with Crippen molar-refractivity contribution < 1.29 is 9.63 Å². The van der Waals surface area contributed by atoms with Crippen molar-refractivity contribution in [1.29, 1.82) is 0 Å². The van der Waals surface area contributed by atoms with E-state index in [2.05, 4.69) is 0 Å². The van der Waals surface area contributed by atoms with Crippen LogP contribution in [-0.2, 0) is 9.63 Å². The lowest BCUT2D eigenvalue weighted by Gasteiger charge is -2.24. The first-order valence-electron chi connectivity index (χ1n) is 3.77. The van der Waals surface area contributed by atoms with Crippen LogP contribution in [0.4, 0.5) is 0 Å². The molecule has 1 aliphatic heterocycles. The molecule has 0 radical (unpaired) electrons. The van der Waals surface area contributed by atoms with Gasteiger partial charge >= 0.3 is 0 Å². The summed E-state index contributed by atoms with van der Waals surface area (Å²) in [4.78, 5) is 16.3. The summed E-state index contributed by atoms with van der Waals surface area (Å²) in [6.45, 7) is 0.763. The van der Waals surface area contributed by atoms with Crippen molar-refractivity contribution in [2.45, 2.75) is 19.3 Å². The van der Waals surface area contributed by atoms with E-state index in [9.17, 15) is 4.79 Å². The number of hydroxylamine groups is 2. The summed E-state index contributed by atoms with van der Waals surface area (Å²) in [7, 11) is 0. The van der Waals surface area contributed by atoms with Gasteiger partial charge in [0.1, 0.15) is 5.94 Å². The van der Waals surface area contributed by atoms with Crippen molar-refractivity contribution in [2.75, 3.05) is 18.7 Å². The van der Waals surface area contributed by atoms with Crippen LogP contribution in [0.3, 0.4) is 0 Å². The molecule has 0 aromatic carbocycles. The number of amides is 1. The predicted molar refractivity (Wildman–Crippen MR) is 45.0 cm³/mol. The molecule has 64 valence electrons. The Labute approximate surface area is 71.0 Å². The Kier molecular flexibility index (Phi) is 3.72. The average Bonchev–Trinajstić information content (AvgIpc) is 2.03. The summed E-state index contributed by atoms with van der Waals surface area (Å²) < 4.78 is 0. The van der Waals surface area contributed by atoms with Gasteiger partial charge < -0.3 is 0 Å². The van der Waals surface area contributed by atoms with E-state index in [1.54, 1.807) is 11.8 Å². The molecule has 1 saturated heterocycles. The van der Waals surface area contributed by atoms with E-state index in [0.717, 1.165) is 19.4 Å². The van der Waals surface area contributed by atoms with Crippen LogP contribution in [0.2, 0.25) is 0 Å². The largest absolute Gasteiger partial charge is 0.273 e. The number of rotatable bonds is 3. The molecule has 1 heterocycles. The minimum absolute atomic E-state index is 0.130. The summed E-state index contributed by atoms with van der Waals surface area (Å²) in [6.07, 6.45) is 4.68. The van der Waals surface area contributed by atoms with Crippen LogP contribution >= 0.6 is 11.8 Å². The molecule has 0 spiro atoms. The van der Waals surface area contributed by atoms with Gasteiger partial charge in [-0.1, -0.05) is 0 Å². The molecule has 0 aromatic rings. The molecule has 0 unspecified atom stereocenters. The van der Waals surface area contributed by atoms with E-state index in [4.69, 9.17) is 4.84 Å². The minimum atomic E-state index is 0.130. The summed E-state index contributed by atoms with van der Waals surface area (Å²) in [6, 6.07) is 0. The maximum Gasteiger partial charge on any atom is 0.246 e. The van der Waals surface area contributed by atoms with Crippen LogP contribution in [0.15, 0.2) is 0 Å². The minimum Gasteiger partial charge on any atom is -0.273 e. The first kappa shape index (κ1) is 8.87. The summed E-state index contributed by atoms with van der Waals surface area (Å²) in [5.74, 6) is 0.705. The fraction of sp³-hybridized carbons (Fsp3) is 0.857. The van der Waals surface area contributed by atoms with E-state index in [1.807, 2.05) is 6.26 Å². The topological polar surface area (TPSA) is 29.5 Å². The van der Waals surface area contributed by atoms with Crippen molar-refractivity contribution in [1.82, 2.24) is 5.06 Å². The van der Waals surface area contributed by atoms with E-state index >= 15 is 0 Å². The van der Waals surface area contributed by atoms with Crippen LogP contribution in [-0.4, -0.2) is 29.7 Å². The lowest BCUT2D eigenvalue weighted by atomic mass is 10.2. The average molecular weight is 175 g/mol. The predicted octanol–water partition coefficient (Wildman–Crippen LogP) is 1.25. The third-order valence-corrected chi connectivity index (χ3v) is 1.95. The quantitative estimate of drug-likeness (QED) is 0.605. The van der Waals surface area contributed by atoms with E-state index < -0.39 is 0 Å². The Morgan fingerprint density at radius 3 is 3.09 bits per heavy atom. The third-order valence-electron chi connectivity index (χ3n) is 1.61. The van der Waals surface area contributed by atoms with E-state index in [0.29, 0.717) is 12.4 Å². The lowest BCUT2D eigenvalue weighted by molar-refractivity contribution is -0.183. The number of carbonyl (C=O) groups is 1. The molecule has 0 saturated carbocycles. The normalized spacial score (nSPS) is 19.0. The Morgan fingerprint density at radius 1 is 1.64 bits per heavy atom. The van der Waals surface area contributed by atoms with Crippen molar-refractivity contribution >= 4 is 17.7 Å². The number of hydrogen-bond donors (Lipinski definition) is 0. The molecule has 0 aromatic heterocycles. The monoisotopic (exact) mass is 175 g/mol. The number of nitrogens with zero attached hydrogens (tertiary/aromatic N) is 1. The highest BCUT2D eigenvalue weighted by atomic mass is 32.2. The summed E-state index contributed by atoms with van der Waals surface area (Å²) in [5, 5.41) is 1.49. The van der Waals surface area contributed by atoms with Gasteiger partial charge in [-0.2, -0.15) is 0 Å². The maximum atomic E-state index is 11.1. The molecule has 0 atom stereocenters. The first-order valence-corrected chi connectivity index (χ1v) is 5.16. The first-order chi connectivity index (χ1) is 5.34. The van der Waals surface area contributed by atoms with Crippen LogP contribution in [0.1, 0.15) is 19.3 Å². The Morgan fingerprint density at radius 2 is 2.45 bits per heavy atom. The standard InChI is InChI=1S/C7H13NO2S/c1-11-6-10-8-5-3-2-4-7(8)9/h2-6H2,1H3. The van der Waals surface area contributed by atoms with Gasteiger partial charge in [-0.15, -0.1) is 11.8 Å². The zero-order valence-corrected chi connectivity index (χ0v) is 7.52. The third kappa shape index (κ3) is 2.71. The fourth-order valence-electron chi connectivity index (χ4n) is 1.03. The van der Waals surface area contributed by atoms with E-state index in [1.165, 1.54) is 5.06 Å². The molecule has 0 bridgehead atoms. The zero-order chi connectivity index (χ0) is 8.10. The Balaban J connectivity index is 2.24. The van der Waals surface area contributed by atoms with Crippen molar-refractivity contribution in [3.05, 3.63) is 0 Å². The number of carbonyl (C=O) groups excluding carboxylic acids is 1. The summed E-state index contributed by atoms with van der Waals surface area (Å²) >= 11 is 1.58. The maximum absolute atomic E-state index is 11.1. The summed E-state index contributed by atoms with van der Waals surface area (Å²) in [5.41, 5.74) is 0. The molecule has 1 amide bonds. The number of hydrogen-bond acceptors (Lipinski definition) is 3. The molecule has 0 aliphatic carbocycles. The lowest BCUT2D eigenvalue weighted by Crippen LogP contribution is -2.35. The zero-order valence-electron chi connectivity index (χ0n) is 6.71. The van der Waals surface area contributed by atoms with Gasteiger partial charge in [0.25, 0.3) is 0 Å². The second-order valence-corrected chi connectivity index (χ2v) is 3.30. The molecule has 1 aliphatic rings. The van der Waals surface area contributed by atoms with Crippen molar-refractivity contribution in [3.8, 4) is 0 Å². The van der Waals surface area contributed by atoms with Gasteiger partial charge in [0.05, 0.1) is 0 Å². The second-order valence-electron chi connectivity index (χ2n) is 2.49. The number of thioether (sulfide) groups is 1. The molecule has 11 heavy (non-hydrogen) atoms. The fourth-order valence-corrected chi connectivity index (χ4v) is 1.27. The van der Waals surface area contributed by atoms with Crippen LogP contribution in [0.5, 0.6) is 0 Å². The van der Waals surface area contributed by atoms with Crippen molar-refractivity contribution in [2.24, 2.45) is 0 Å². The van der Waals surface area contributed by atoms with Gasteiger partial charge in [-0.05, 0) is 19.1 Å².